The van der Waals surface area contributed by atoms with E-state index in [2.05, 4.69) is 35.2 Å². The van der Waals surface area contributed by atoms with E-state index in [1.54, 1.807) is 6.92 Å². The van der Waals surface area contributed by atoms with Crippen molar-refractivity contribution < 1.29 is 8.78 Å². The van der Waals surface area contributed by atoms with Gasteiger partial charge in [-0.25, -0.2) is 42.5 Å². The third kappa shape index (κ3) is 2.85. The van der Waals surface area contributed by atoms with Crippen LogP contribution in [0.25, 0.3) is 22.6 Å². The first-order chi connectivity index (χ1) is 14.5. The molecule has 0 bridgehead atoms. The second-order valence-electron chi connectivity index (χ2n) is 6.50. The van der Waals surface area contributed by atoms with Crippen molar-refractivity contribution in [2.45, 2.75) is 13.0 Å². The molecule has 1 unspecified atom stereocenters. The van der Waals surface area contributed by atoms with Gasteiger partial charge in [-0.3, -0.25) is 0 Å². The summed E-state index contributed by atoms with van der Waals surface area (Å²) in [6.45, 7) is 1.73. The Bertz CT molecular complexity index is 1440. The summed E-state index contributed by atoms with van der Waals surface area (Å²) in [7, 11) is 0. The zero-order valence-corrected chi connectivity index (χ0v) is 15.4. The van der Waals surface area contributed by atoms with Crippen molar-refractivity contribution >= 4 is 22.8 Å². The Kier molecular flexibility index (Phi) is 3.98. The van der Waals surface area contributed by atoms with Crippen LogP contribution in [0.5, 0.6) is 0 Å². The molecule has 0 saturated carbocycles. The minimum Gasteiger partial charge on any atom is -0.358 e. The normalized spacial score (nSPS) is 12.5. The molecule has 10 nitrogen and oxygen atoms in total. The SMILES string of the molecule is CC(Nc1ncnc2nc[nH]c12)c1nc2nccn2c(=O)n1-c1cc(F)cc(F)c1. The lowest BCUT2D eigenvalue weighted by Crippen LogP contribution is -2.31. The second kappa shape index (κ2) is 6.69. The maximum atomic E-state index is 13.9. The number of imidazole rings is 2. The van der Waals surface area contributed by atoms with E-state index in [0.29, 0.717) is 17.0 Å². The van der Waals surface area contributed by atoms with Gasteiger partial charge >= 0.3 is 5.69 Å². The van der Waals surface area contributed by atoms with E-state index in [4.69, 9.17) is 0 Å². The highest BCUT2D eigenvalue weighted by Gasteiger charge is 2.21. The first kappa shape index (κ1) is 17.8. The molecule has 1 aromatic carbocycles. The van der Waals surface area contributed by atoms with Crippen molar-refractivity contribution in [3.63, 3.8) is 0 Å². The third-order valence-electron chi connectivity index (χ3n) is 4.53. The molecule has 0 aliphatic heterocycles. The number of benzene rings is 1. The number of anilines is 1. The van der Waals surface area contributed by atoms with Gasteiger partial charge in [-0.05, 0) is 19.1 Å². The van der Waals surface area contributed by atoms with Crippen LogP contribution in [-0.4, -0.2) is 38.9 Å². The van der Waals surface area contributed by atoms with Gasteiger partial charge in [0.25, 0.3) is 0 Å². The molecule has 0 aliphatic carbocycles. The van der Waals surface area contributed by atoms with Crippen LogP contribution in [0, 0.1) is 11.6 Å². The maximum Gasteiger partial charge on any atom is 0.341 e. The molecule has 0 amide bonds. The van der Waals surface area contributed by atoms with E-state index >= 15 is 0 Å². The zero-order valence-electron chi connectivity index (χ0n) is 15.4. The molecule has 150 valence electrons. The summed E-state index contributed by atoms with van der Waals surface area (Å²) in [5.41, 5.74) is 0.456. The molecule has 0 spiro atoms. The molecule has 0 radical (unpaired) electrons. The van der Waals surface area contributed by atoms with Gasteiger partial charge in [-0.1, -0.05) is 0 Å². The molecule has 5 aromatic rings. The smallest absolute Gasteiger partial charge is 0.341 e. The number of hydrogen-bond donors (Lipinski definition) is 2. The molecular weight excluding hydrogens is 396 g/mol. The molecule has 4 aromatic heterocycles. The Morgan fingerprint density at radius 2 is 1.90 bits per heavy atom. The van der Waals surface area contributed by atoms with Gasteiger partial charge in [0.05, 0.1) is 18.1 Å². The van der Waals surface area contributed by atoms with Crippen LogP contribution in [0.4, 0.5) is 14.6 Å². The number of aromatic nitrogens is 8. The van der Waals surface area contributed by atoms with Crippen molar-refractivity contribution in [2.75, 3.05) is 5.32 Å². The van der Waals surface area contributed by atoms with Crippen LogP contribution in [0.1, 0.15) is 18.8 Å². The van der Waals surface area contributed by atoms with Crippen LogP contribution >= 0.6 is 0 Å². The fourth-order valence-electron chi connectivity index (χ4n) is 3.23. The maximum absolute atomic E-state index is 13.9. The van der Waals surface area contributed by atoms with E-state index in [1.807, 2.05) is 0 Å². The van der Waals surface area contributed by atoms with E-state index in [1.165, 1.54) is 29.4 Å². The van der Waals surface area contributed by atoms with Crippen LogP contribution in [0.15, 0.2) is 48.0 Å². The molecule has 4 heterocycles. The average molecular weight is 409 g/mol. The largest absolute Gasteiger partial charge is 0.358 e. The van der Waals surface area contributed by atoms with Gasteiger partial charge < -0.3 is 10.3 Å². The minimum atomic E-state index is -0.816. The summed E-state index contributed by atoms with van der Waals surface area (Å²) >= 11 is 0. The number of nitrogens with one attached hydrogen (secondary N) is 2. The van der Waals surface area contributed by atoms with Crippen molar-refractivity contribution in [3.05, 3.63) is 71.2 Å². The highest BCUT2D eigenvalue weighted by Crippen LogP contribution is 2.23. The summed E-state index contributed by atoms with van der Waals surface area (Å²) in [4.78, 5) is 36.9. The van der Waals surface area contributed by atoms with Crippen LogP contribution in [0.2, 0.25) is 0 Å². The average Bonchev–Trinajstić information content (AvgIpc) is 3.36. The van der Waals surface area contributed by atoms with Gasteiger partial charge in [0.2, 0.25) is 5.78 Å². The standard InChI is InChI=1S/C18H13F2N9O/c1-9(26-15-13-14(23-7-22-13)24-8-25-15)16-27-17-21-2-3-28(17)18(30)29(16)12-5-10(19)4-11(20)6-12/h2-9H,1H3,(H2,22,23,24,25,26). The predicted octanol–water partition coefficient (Wildman–Crippen LogP) is 2.00. The van der Waals surface area contributed by atoms with Crippen LogP contribution < -0.4 is 11.0 Å². The lowest BCUT2D eigenvalue weighted by molar-refractivity contribution is 0.578. The van der Waals surface area contributed by atoms with E-state index in [-0.39, 0.29) is 17.3 Å². The Balaban J connectivity index is 1.69. The van der Waals surface area contributed by atoms with E-state index in [9.17, 15) is 13.6 Å². The minimum absolute atomic E-state index is 0.00127. The first-order valence-corrected chi connectivity index (χ1v) is 8.84. The molecule has 0 fully saturated rings. The van der Waals surface area contributed by atoms with Gasteiger partial charge in [0, 0.05) is 18.5 Å². The van der Waals surface area contributed by atoms with Crippen molar-refractivity contribution in [1.82, 2.24) is 38.9 Å². The Morgan fingerprint density at radius 1 is 1.10 bits per heavy atom. The molecule has 30 heavy (non-hydrogen) atoms. The summed E-state index contributed by atoms with van der Waals surface area (Å²) in [6.07, 6.45) is 5.67. The molecule has 0 saturated heterocycles. The van der Waals surface area contributed by atoms with Crippen molar-refractivity contribution in [3.8, 4) is 5.69 Å². The monoisotopic (exact) mass is 409 g/mol. The summed E-state index contributed by atoms with van der Waals surface area (Å²) in [5, 5.41) is 3.14. The molecule has 5 rings (SSSR count). The van der Waals surface area contributed by atoms with Gasteiger partial charge in [-0.2, -0.15) is 4.98 Å². The Labute approximate surface area is 166 Å². The number of halogens is 2. The number of hydrogen-bond acceptors (Lipinski definition) is 7. The fraction of sp³-hybridized carbons (Fsp3) is 0.111. The quantitative estimate of drug-likeness (QED) is 0.466. The molecule has 1 atom stereocenters. The number of fused-ring (bicyclic) bond motifs is 2. The zero-order chi connectivity index (χ0) is 20.8. The summed E-state index contributed by atoms with van der Waals surface area (Å²) < 4.78 is 30.1. The topological polar surface area (TPSA) is 119 Å². The predicted molar refractivity (Wildman–Crippen MR) is 102 cm³/mol. The third-order valence-corrected chi connectivity index (χ3v) is 4.53. The second-order valence-corrected chi connectivity index (χ2v) is 6.50. The molecule has 12 heteroatoms. The van der Waals surface area contributed by atoms with Gasteiger partial charge in [0.1, 0.15) is 29.3 Å². The summed E-state index contributed by atoms with van der Waals surface area (Å²) in [6, 6.07) is 2.24. The lowest BCUT2D eigenvalue weighted by atomic mass is 10.2. The van der Waals surface area contributed by atoms with E-state index < -0.39 is 23.4 Å². The molecule has 2 N–H and O–H groups in total. The Hall–Kier alpha value is -4.22. The summed E-state index contributed by atoms with van der Waals surface area (Å²) in [5.74, 6) is -0.853. The van der Waals surface area contributed by atoms with E-state index in [0.717, 1.165) is 22.8 Å². The highest BCUT2D eigenvalue weighted by molar-refractivity contribution is 5.82. The number of aromatic amines is 1. The van der Waals surface area contributed by atoms with Crippen molar-refractivity contribution in [2.24, 2.45) is 0 Å². The lowest BCUT2D eigenvalue weighted by Gasteiger charge is -2.19. The Morgan fingerprint density at radius 3 is 2.70 bits per heavy atom. The van der Waals surface area contributed by atoms with Gasteiger partial charge in [0.15, 0.2) is 11.5 Å². The van der Waals surface area contributed by atoms with Crippen LogP contribution in [-0.2, 0) is 0 Å². The number of rotatable bonds is 4. The molecule has 0 aliphatic rings. The molecular formula is C18H13F2N9O. The first-order valence-electron chi connectivity index (χ1n) is 8.84. The number of nitrogens with zero attached hydrogens (tertiary/aromatic N) is 7. The fourth-order valence-corrected chi connectivity index (χ4v) is 3.23. The van der Waals surface area contributed by atoms with Crippen LogP contribution in [0.3, 0.4) is 0 Å². The van der Waals surface area contributed by atoms with Gasteiger partial charge in [-0.15, -0.1) is 0 Å². The highest BCUT2D eigenvalue weighted by atomic mass is 19.1. The van der Waals surface area contributed by atoms with Crippen molar-refractivity contribution in [1.29, 1.82) is 0 Å². The number of H-pyrrole nitrogens is 1.